The average molecular weight is 429 g/mol. The summed E-state index contributed by atoms with van der Waals surface area (Å²) in [5.41, 5.74) is 0.696. The second kappa shape index (κ2) is 8.79. The van der Waals surface area contributed by atoms with Gasteiger partial charge in [-0.25, -0.2) is 9.18 Å². The number of carbonyl (C=O) groups excluding carboxylic acids is 1. The van der Waals surface area contributed by atoms with Crippen LogP contribution in [0.5, 0.6) is 5.75 Å². The van der Waals surface area contributed by atoms with E-state index in [4.69, 9.17) is 29.9 Å². The molecule has 0 spiro atoms. The van der Waals surface area contributed by atoms with Gasteiger partial charge in [-0.05, 0) is 60.7 Å². The Labute approximate surface area is 175 Å². The molecule has 152 valence electrons. The van der Waals surface area contributed by atoms with Gasteiger partial charge < -0.3 is 18.3 Å². The van der Waals surface area contributed by atoms with E-state index in [0.717, 1.165) is 0 Å². The molecule has 4 rings (SSSR count). The number of nitrogens with zero attached hydrogens (tertiary/aromatic N) is 2. The van der Waals surface area contributed by atoms with E-state index in [1.54, 1.807) is 30.3 Å². The van der Waals surface area contributed by atoms with Gasteiger partial charge in [0, 0.05) is 10.6 Å². The molecule has 0 N–H and O–H groups in total. The van der Waals surface area contributed by atoms with Crippen molar-refractivity contribution in [2.45, 2.75) is 13.2 Å². The van der Waals surface area contributed by atoms with Crippen LogP contribution in [0.3, 0.4) is 0 Å². The van der Waals surface area contributed by atoms with E-state index in [9.17, 15) is 9.18 Å². The lowest BCUT2D eigenvalue weighted by molar-refractivity contribution is 0.0398. The summed E-state index contributed by atoms with van der Waals surface area (Å²) < 4.78 is 34.4. The molecule has 0 fully saturated rings. The Balaban J connectivity index is 1.30. The standard InChI is InChI=1S/C21H14ClFN2O5/c22-14-3-1-13(2-4-14)20-25-24-19(30-20)12-28-21(26)18-10-9-17(29-18)11-27-16-7-5-15(23)6-8-16/h1-10H,11-12H2. The number of carbonyl (C=O) groups is 1. The first-order chi connectivity index (χ1) is 14.6. The predicted molar refractivity (Wildman–Crippen MR) is 103 cm³/mol. The summed E-state index contributed by atoms with van der Waals surface area (Å²) in [6.45, 7) is -0.130. The number of hydrogen-bond acceptors (Lipinski definition) is 7. The van der Waals surface area contributed by atoms with Crippen LogP contribution in [0, 0.1) is 5.82 Å². The number of hydrogen-bond donors (Lipinski definition) is 0. The third-order valence-corrected chi connectivity index (χ3v) is 4.19. The molecule has 0 aliphatic rings. The highest BCUT2D eigenvalue weighted by Crippen LogP contribution is 2.21. The Kier molecular flexibility index (Phi) is 5.76. The van der Waals surface area contributed by atoms with Gasteiger partial charge >= 0.3 is 5.97 Å². The van der Waals surface area contributed by atoms with Gasteiger partial charge in [-0.1, -0.05) is 11.6 Å². The van der Waals surface area contributed by atoms with Crippen molar-refractivity contribution in [3.8, 4) is 17.2 Å². The van der Waals surface area contributed by atoms with E-state index < -0.39 is 5.97 Å². The van der Waals surface area contributed by atoms with Crippen molar-refractivity contribution in [3.63, 3.8) is 0 Å². The second-order valence-corrected chi connectivity index (χ2v) is 6.53. The largest absolute Gasteiger partial charge is 0.486 e. The highest BCUT2D eigenvalue weighted by Gasteiger charge is 2.16. The first kappa shape index (κ1) is 19.7. The summed E-state index contributed by atoms with van der Waals surface area (Å²) in [5.74, 6) is 0.279. The van der Waals surface area contributed by atoms with Crippen molar-refractivity contribution < 1.29 is 27.5 Å². The summed E-state index contributed by atoms with van der Waals surface area (Å²) in [6.07, 6.45) is 0. The van der Waals surface area contributed by atoms with Crippen LogP contribution in [-0.2, 0) is 18.0 Å². The zero-order valence-electron chi connectivity index (χ0n) is 15.4. The maximum absolute atomic E-state index is 12.9. The Morgan fingerprint density at radius 1 is 0.933 bits per heavy atom. The zero-order valence-corrected chi connectivity index (χ0v) is 16.1. The lowest BCUT2D eigenvalue weighted by atomic mass is 10.2. The van der Waals surface area contributed by atoms with Crippen LogP contribution in [-0.4, -0.2) is 16.2 Å². The number of rotatable bonds is 7. The zero-order chi connectivity index (χ0) is 20.9. The van der Waals surface area contributed by atoms with Crippen molar-refractivity contribution in [1.82, 2.24) is 10.2 Å². The molecule has 0 saturated carbocycles. The SMILES string of the molecule is O=C(OCc1nnc(-c2ccc(Cl)cc2)o1)c1ccc(COc2ccc(F)cc2)o1. The van der Waals surface area contributed by atoms with Crippen molar-refractivity contribution in [1.29, 1.82) is 0 Å². The minimum absolute atomic E-state index is 0.00476. The summed E-state index contributed by atoms with van der Waals surface area (Å²) in [5, 5.41) is 8.36. The van der Waals surface area contributed by atoms with E-state index in [-0.39, 0.29) is 36.6 Å². The smallest absolute Gasteiger partial charge is 0.374 e. The highest BCUT2D eigenvalue weighted by atomic mass is 35.5. The quantitative estimate of drug-likeness (QED) is 0.380. The summed E-state index contributed by atoms with van der Waals surface area (Å²) in [6, 6.07) is 15.5. The van der Waals surface area contributed by atoms with Gasteiger partial charge in [0.1, 0.15) is 23.9 Å². The molecule has 0 aliphatic heterocycles. The van der Waals surface area contributed by atoms with Crippen LogP contribution in [0.25, 0.3) is 11.5 Å². The number of furan rings is 1. The van der Waals surface area contributed by atoms with E-state index in [1.807, 2.05) is 0 Å². The second-order valence-electron chi connectivity index (χ2n) is 6.09. The Morgan fingerprint density at radius 3 is 2.47 bits per heavy atom. The third-order valence-electron chi connectivity index (χ3n) is 3.94. The van der Waals surface area contributed by atoms with Crippen LogP contribution in [0.15, 0.2) is 69.5 Å². The normalized spacial score (nSPS) is 10.7. The van der Waals surface area contributed by atoms with Crippen molar-refractivity contribution in [2.75, 3.05) is 0 Å². The monoisotopic (exact) mass is 428 g/mol. The molecular formula is C21H14ClFN2O5. The van der Waals surface area contributed by atoms with Gasteiger partial charge in [0.2, 0.25) is 11.7 Å². The van der Waals surface area contributed by atoms with E-state index in [0.29, 0.717) is 22.1 Å². The molecule has 2 heterocycles. The number of aromatic nitrogens is 2. The molecule has 0 bridgehead atoms. The average Bonchev–Trinajstić information content (AvgIpc) is 3.42. The lowest BCUT2D eigenvalue weighted by Gasteiger charge is -2.03. The predicted octanol–water partition coefficient (Wildman–Crippen LogP) is 5.06. The minimum atomic E-state index is -0.686. The molecule has 4 aromatic rings. The molecule has 0 aliphatic carbocycles. The number of benzene rings is 2. The van der Waals surface area contributed by atoms with Crippen LogP contribution in [0.1, 0.15) is 22.2 Å². The number of esters is 1. The fraction of sp³-hybridized carbons (Fsp3) is 0.0952. The van der Waals surface area contributed by atoms with Crippen LogP contribution in [0.4, 0.5) is 4.39 Å². The van der Waals surface area contributed by atoms with Crippen molar-refractivity contribution >= 4 is 17.6 Å². The summed E-state index contributed by atoms with van der Waals surface area (Å²) in [7, 11) is 0. The maximum Gasteiger partial charge on any atom is 0.374 e. The van der Waals surface area contributed by atoms with E-state index in [2.05, 4.69) is 10.2 Å². The molecule has 0 amide bonds. The van der Waals surface area contributed by atoms with Crippen LogP contribution < -0.4 is 4.74 Å². The molecule has 7 nitrogen and oxygen atoms in total. The van der Waals surface area contributed by atoms with Crippen LogP contribution in [0.2, 0.25) is 5.02 Å². The Bertz CT molecular complexity index is 1140. The highest BCUT2D eigenvalue weighted by molar-refractivity contribution is 6.30. The van der Waals surface area contributed by atoms with E-state index in [1.165, 1.54) is 30.3 Å². The summed E-state index contributed by atoms with van der Waals surface area (Å²) in [4.78, 5) is 12.2. The summed E-state index contributed by atoms with van der Waals surface area (Å²) >= 11 is 5.85. The molecule has 0 unspecified atom stereocenters. The van der Waals surface area contributed by atoms with E-state index >= 15 is 0 Å². The van der Waals surface area contributed by atoms with Gasteiger partial charge in [0.15, 0.2) is 6.61 Å². The molecule has 0 radical (unpaired) electrons. The molecule has 0 saturated heterocycles. The number of halogens is 2. The topological polar surface area (TPSA) is 87.6 Å². The maximum atomic E-state index is 12.9. The fourth-order valence-electron chi connectivity index (χ4n) is 2.47. The van der Waals surface area contributed by atoms with Crippen LogP contribution >= 0.6 is 11.6 Å². The van der Waals surface area contributed by atoms with Gasteiger partial charge in [-0.15, -0.1) is 10.2 Å². The minimum Gasteiger partial charge on any atom is -0.486 e. The Hall–Kier alpha value is -3.65. The molecule has 0 atom stereocenters. The molecular weight excluding hydrogens is 415 g/mol. The Morgan fingerprint density at radius 2 is 1.70 bits per heavy atom. The lowest BCUT2D eigenvalue weighted by Crippen LogP contribution is -2.04. The van der Waals surface area contributed by atoms with Gasteiger partial charge in [-0.2, -0.15) is 0 Å². The fourth-order valence-corrected chi connectivity index (χ4v) is 2.60. The molecule has 2 aromatic heterocycles. The first-order valence-electron chi connectivity index (χ1n) is 8.79. The third kappa shape index (κ3) is 4.84. The van der Waals surface area contributed by atoms with Crippen molar-refractivity contribution in [2.24, 2.45) is 0 Å². The number of ether oxygens (including phenoxy) is 2. The molecule has 9 heteroatoms. The first-order valence-corrected chi connectivity index (χ1v) is 9.17. The molecule has 30 heavy (non-hydrogen) atoms. The van der Waals surface area contributed by atoms with Gasteiger partial charge in [0.25, 0.3) is 5.89 Å². The van der Waals surface area contributed by atoms with Crippen molar-refractivity contribution in [3.05, 3.63) is 88.9 Å². The van der Waals surface area contributed by atoms with Gasteiger partial charge in [0.05, 0.1) is 0 Å². The molecule has 2 aromatic carbocycles. The van der Waals surface area contributed by atoms with Gasteiger partial charge in [-0.3, -0.25) is 0 Å².